The second-order valence-corrected chi connectivity index (χ2v) is 8.50. The molecule has 0 aliphatic carbocycles. The average molecular weight is 425 g/mol. The molecule has 0 radical (unpaired) electrons. The maximum absolute atomic E-state index is 14.6. The Morgan fingerprint density at radius 2 is 2.13 bits per heavy atom. The van der Waals surface area contributed by atoms with E-state index in [-0.39, 0.29) is 18.5 Å². The summed E-state index contributed by atoms with van der Waals surface area (Å²) in [5.41, 5.74) is 6.21. The molecule has 3 N–H and O–H groups in total. The average Bonchev–Trinajstić information content (AvgIpc) is 2.98. The lowest BCUT2D eigenvalue weighted by Crippen LogP contribution is -2.55. The molecule has 8 heteroatoms. The van der Waals surface area contributed by atoms with Gasteiger partial charge in [0.05, 0.1) is 13.2 Å². The Morgan fingerprint density at radius 3 is 2.81 bits per heavy atom. The second-order valence-electron chi connectivity index (χ2n) is 8.50. The van der Waals surface area contributed by atoms with Crippen LogP contribution in [-0.2, 0) is 21.7 Å². The molecule has 5 rings (SSSR count). The molecule has 3 heterocycles. The molecular formula is C23H24FN3O4. The van der Waals surface area contributed by atoms with Gasteiger partial charge < -0.3 is 20.3 Å². The number of aliphatic imine (C=N–C) groups is 1. The summed E-state index contributed by atoms with van der Waals surface area (Å²) in [5, 5.41) is 9.46. The Bertz CT molecular complexity index is 1100. The van der Waals surface area contributed by atoms with Crippen molar-refractivity contribution in [3.8, 4) is 16.9 Å². The normalized spacial score (nSPS) is 27.4. The highest BCUT2D eigenvalue weighted by Gasteiger charge is 2.58. The molecule has 3 aliphatic rings. The molecule has 2 atom stereocenters. The maximum atomic E-state index is 14.6. The molecule has 31 heavy (non-hydrogen) atoms. The molecule has 0 saturated carbocycles. The summed E-state index contributed by atoms with van der Waals surface area (Å²) in [6.45, 7) is 0.830. The van der Waals surface area contributed by atoms with Crippen LogP contribution >= 0.6 is 0 Å². The van der Waals surface area contributed by atoms with E-state index in [1.807, 2.05) is 0 Å². The Balaban J connectivity index is 1.69. The summed E-state index contributed by atoms with van der Waals surface area (Å²) in [7, 11) is 1.60. The number of aliphatic hydroxyl groups is 1. The Labute approximate surface area is 179 Å². The molecular weight excluding hydrogens is 401 g/mol. The van der Waals surface area contributed by atoms with Crippen molar-refractivity contribution in [1.82, 2.24) is 4.90 Å². The third-order valence-corrected chi connectivity index (χ3v) is 6.45. The molecule has 1 fully saturated rings. The molecule has 1 saturated heterocycles. The predicted octanol–water partition coefficient (Wildman–Crippen LogP) is 2.30. The van der Waals surface area contributed by atoms with Crippen LogP contribution in [0.4, 0.5) is 4.39 Å². The Morgan fingerprint density at radius 1 is 1.29 bits per heavy atom. The summed E-state index contributed by atoms with van der Waals surface area (Å²) in [5.74, 6) is 0.0159. The van der Waals surface area contributed by atoms with Gasteiger partial charge in [0.1, 0.15) is 17.2 Å². The van der Waals surface area contributed by atoms with Gasteiger partial charge in [0, 0.05) is 31.2 Å². The van der Waals surface area contributed by atoms with Crippen molar-refractivity contribution in [2.75, 3.05) is 20.3 Å². The zero-order valence-electron chi connectivity index (χ0n) is 17.2. The highest BCUT2D eigenvalue weighted by molar-refractivity contribution is 6.07. The van der Waals surface area contributed by atoms with E-state index in [0.29, 0.717) is 47.6 Å². The molecule has 1 amide bonds. The summed E-state index contributed by atoms with van der Waals surface area (Å²) < 4.78 is 26.7. The van der Waals surface area contributed by atoms with Crippen LogP contribution < -0.4 is 10.5 Å². The third kappa shape index (κ3) is 3.01. The van der Waals surface area contributed by atoms with Gasteiger partial charge in [0.2, 0.25) is 0 Å². The fraction of sp³-hybridized carbons (Fsp3) is 0.391. The number of aliphatic hydroxyl groups excluding tert-OH is 1. The molecule has 0 bridgehead atoms. The van der Waals surface area contributed by atoms with Gasteiger partial charge in [-0.05, 0) is 48.2 Å². The number of nitrogens with zero attached hydrogens (tertiary/aromatic N) is 2. The van der Waals surface area contributed by atoms with Crippen molar-refractivity contribution in [2.45, 2.75) is 37.0 Å². The van der Waals surface area contributed by atoms with Gasteiger partial charge in [-0.1, -0.05) is 12.1 Å². The Hall–Kier alpha value is -2.97. The smallest absolute Gasteiger partial charge is 0.261 e. The number of fused-ring (bicyclic) bond motifs is 2. The van der Waals surface area contributed by atoms with Gasteiger partial charge in [-0.25, -0.2) is 9.38 Å². The van der Waals surface area contributed by atoms with E-state index in [0.717, 1.165) is 12.8 Å². The summed E-state index contributed by atoms with van der Waals surface area (Å²) >= 11 is 0. The van der Waals surface area contributed by atoms with Crippen LogP contribution in [0.15, 0.2) is 41.4 Å². The van der Waals surface area contributed by atoms with Gasteiger partial charge >= 0.3 is 0 Å². The van der Waals surface area contributed by atoms with Crippen molar-refractivity contribution in [3.05, 3.63) is 53.3 Å². The van der Waals surface area contributed by atoms with Crippen LogP contribution in [-0.4, -0.2) is 47.7 Å². The number of hydrogen-bond donors (Lipinski definition) is 2. The van der Waals surface area contributed by atoms with Crippen molar-refractivity contribution < 1.29 is 23.8 Å². The van der Waals surface area contributed by atoms with Crippen molar-refractivity contribution in [2.24, 2.45) is 10.7 Å². The minimum Gasteiger partial charge on any atom is -0.484 e. The van der Waals surface area contributed by atoms with Crippen LogP contribution in [0.25, 0.3) is 11.1 Å². The van der Waals surface area contributed by atoms with Gasteiger partial charge in [-0.3, -0.25) is 9.69 Å². The number of likely N-dealkylation sites (N-methyl/N-ethyl adjacent to an activating group) is 1. The summed E-state index contributed by atoms with van der Waals surface area (Å²) in [6.07, 6.45) is 1.88. The zero-order chi connectivity index (χ0) is 21.8. The quantitative estimate of drug-likeness (QED) is 0.770. The van der Waals surface area contributed by atoms with Crippen LogP contribution in [0.3, 0.4) is 0 Å². The largest absolute Gasteiger partial charge is 0.484 e. The lowest BCUT2D eigenvalue weighted by atomic mass is 9.74. The number of ether oxygens (including phenoxy) is 2. The number of rotatable bonds is 2. The van der Waals surface area contributed by atoms with Crippen LogP contribution in [0, 0.1) is 5.82 Å². The first-order valence-electron chi connectivity index (χ1n) is 10.3. The molecule has 3 aliphatic heterocycles. The maximum Gasteiger partial charge on any atom is 0.261 e. The minimum atomic E-state index is -1.24. The highest BCUT2D eigenvalue weighted by atomic mass is 19.1. The highest BCUT2D eigenvalue weighted by Crippen LogP contribution is 2.51. The number of benzene rings is 2. The first-order valence-corrected chi connectivity index (χ1v) is 10.3. The van der Waals surface area contributed by atoms with Crippen LogP contribution in [0.1, 0.15) is 30.4 Å². The van der Waals surface area contributed by atoms with Crippen LogP contribution in [0.5, 0.6) is 5.75 Å². The molecule has 162 valence electrons. The number of carbonyl (C=O) groups is 1. The van der Waals surface area contributed by atoms with Crippen LogP contribution in [0.2, 0.25) is 0 Å². The zero-order valence-corrected chi connectivity index (χ0v) is 17.2. The summed E-state index contributed by atoms with van der Waals surface area (Å²) in [6, 6.07) is 9.72. The minimum absolute atomic E-state index is 0.142. The van der Waals surface area contributed by atoms with Gasteiger partial charge in [0.15, 0.2) is 11.5 Å². The number of halogens is 1. The van der Waals surface area contributed by atoms with Gasteiger partial charge in [-0.2, -0.15) is 0 Å². The monoisotopic (exact) mass is 425 g/mol. The predicted molar refractivity (Wildman–Crippen MR) is 112 cm³/mol. The number of guanidine groups is 1. The fourth-order valence-corrected chi connectivity index (χ4v) is 4.87. The van der Waals surface area contributed by atoms with Crippen molar-refractivity contribution >= 4 is 11.9 Å². The number of nitrogens with two attached hydrogens (primary N) is 1. The molecule has 2 spiro atoms. The van der Waals surface area contributed by atoms with Crippen molar-refractivity contribution in [3.63, 3.8) is 0 Å². The van der Waals surface area contributed by atoms with Crippen molar-refractivity contribution in [1.29, 1.82) is 0 Å². The Kier molecular flexibility index (Phi) is 4.53. The fourth-order valence-electron chi connectivity index (χ4n) is 4.87. The molecule has 7 nitrogen and oxygen atoms in total. The molecule has 2 aromatic rings. The van der Waals surface area contributed by atoms with Gasteiger partial charge in [-0.15, -0.1) is 0 Å². The molecule has 2 unspecified atom stereocenters. The topological polar surface area (TPSA) is 97.4 Å². The van der Waals surface area contributed by atoms with E-state index in [4.69, 9.17) is 15.2 Å². The summed E-state index contributed by atoms with van der Waals surface area (Å²) in [4.78, 5) is 19.4. The van der Waals surface area contributed by atoms with E-state index in [9.17, 15) is 14.3 Å². The van der Waals surface area contributed by atoms with E-state index in [1.165, 1.54) is 17.0 Å². The first-order chi connectivity index (χ1) is 14.9. The lowest BCUT2D eigenvalue weighted by molar-refractivity contribution is -0.139. The van der Waals surface area contributed by atoms with E-state index in [1.54, 1.807) is 31.3 Å². The number of carbonyl (C=O) groups excluding carboxylic acids is 1. The van der Waals surface area contributed by atoms with Gasteiger partial charge in [0.25, 0.3) is 5.91 Å². The lowest BCUT2D eigenvalue weighted by Gasteiger charge is -2.46. The van der Waals surface area contributed by atoms with E-state index < -0.39 is 17.0 Å². The number of amides is 1. The SMILES string of the molecule is CN1C(=O)C2(CC3(CCCOC3)Oc3ccc(-c4cc(CO)ccc4F)cc32)N=C1N. The third-order valence-electron chi connectivity index (χ3n) is 6.45. The molecule has 0 aromatic heterocycles. The number of hydrogen-bond acceptors (Lipinski definition) is 6. The van der Waals surface area contributed by atoms with E-state index >= 15 is 0 Å². The molecule has 2 aromatic carbocycles. The standard InChI is InChI=1S/C23H24FN3O4/c1-27-20(29)23(26-21(27)25)12-22(7-2-8-30-13-22)31-19-6-4-15(10-17(19)23)16-9-14(11-28)3-5-18(16)24/h3-6,9-10,28H,2,7-8,11-13H2,1H3,(H2,25,26). The van der Waals surface area contributed by atoms with E-state index in [2.05, 4.69) is 4.99 Å². The second kappa shape index (κ2) is 7.03. The first kappa shape index (κ1) is 20.0.